The normalized spacial score (nSPS) is 12.5. The molecule has 1 unspecified atom stereocenters. The van der Waals surface area contributed by atoms with Crippen LogP contribution in [0.2, 0.25) is 0 Å². The van der Waals surface area contributed by atoms with Crippen LogP contribution in [-0.4, -0.2) is 58.5 Å². The molecule has 5 heteroatoms. The molecule has 0 heterocycles. The Labute approximate surface area is 76.6 Å². The molecule has 0 radical (unpaired) electrons. The molecule has 0 aromatic carbocycles. The molecular weight excluding hydrogens is 174 g/mol. The van der Waals surface area contributed by atoms with Crippen LogP contribution < -0.4 is 0 Å². The maximum Gasteiger partial charge on any atom is 0.317 e. The molecular formula is C8H13NO4. The zero-order chi connectivity index (χ0) is 10.3. The first kappa shape index (κ1) is 11.9. The summed E-state index contributed by atoms with van der Waals surface area (Å²) in [5.74, 6) is 1.26. The topological polar surface area (TPSA) is 81.0 Å². The van der Waals surface area contributed by atoms with E-state index < -0.39 is 18.7 Å². The molecule has 3 N–H and O–H groups in total. The van der Waals surface area contributed by atoms with Crippen LogP contribution in [-0.2, 0) is 4.79 Å². The third-order valence-corrected chi connectivity index (χ3v) is 1.35. The van der Waals surface area contributed by atoms with Gasteiger partial charge in [0, 0.05) is 6.54 Å². The molecule has 0 fully saturated rings. The van der Waals surface area contributed by atoms with E-state index in [0.717, 1.165) is 0 Å². The molecule has 0 aliphatic heterocycles. The number of terminal acetylenes is 1. The summed E-state index contributed by atoms with van der Waals surface area (Å²) < 4.78 is 0. The highest BCUT2D eigenvalue weighted by Gasteiger charge is 2.12. The SMILES string of the molecule is C#CCN(CC(=O)O)CC(O)CO. The average molecular weight is 187 g/mol. The standard InChI is InChI=1S/C8H13NO4/c1-2-3-9(5-8(12)13)4-7(11)6-10/h1,7,10-11H,3-6H2,(H,12,13). The molecule has 0 spiro atoms. The molecule has 13 heavy (non-hydrogen) atoms. The Bertz CT molecular complexity index is 199. The van der Waals surface area contributed by atoms with Crippen molar-refractivity contribution in [3.63, 3.8) is 0 Å². The number of carboxylic acids is 1. The second-order valence-corrected chi connectivity index (χ2v) is 2.60. The molecule has 0 aromatic heterocycles. The van der Waals surface area contributed by atoms with Crippen molar-refractivity contribution in [3.8, 4) is 12.3 Å². The third-order valence-electron chi connectivity index (χ3n) is 1.35. The molecule has 1 atom stereocenters. The van der Waals surface area contributed by atoms with Gasteiger partial charge in [-0.1, -0.05) is 5.92 Å². The lowest BCUT2D eigenvalue weighted by atomic mass is 10.3. The molecule has 0 aliphatic carbocycles. The molecule has 0 aromatic rings. The minimum atomic E-state index is -1.01. The first-order chi connectivity index (χ1) is 6.10. The molecule has 0 aliphatic rings. The summed E-state index contributed by atoms with van der Waals surface area (Å²) in [5, 5.41) is 26.0. The minimum absolute atomic E-state index is 0.0625. The number of hydrogen-bond acceptors (Lipinski definition) is 4. The van der Waals surface area contributed by atoms with Gasteiger partial charge in [0.2, 0.25) is 0 Å². The summed E-state index contributed by atoms with van der Waals surface area (Å²) in [6.07, 6.45) is 4.04. The van der Waals surface area contributed by atoms with Crippen LogP contribution in [0.15, 0.2) is 0 Å². The van der Waals surface area contributed by atoms with E-state index in [9.17, 15) is 4.79 Å². The van der Waals surface area contributed by atoms with E-state index in [1.54, 1.807) is 0 Å². The van der Waals surface area contributed by atoms with Crippen molar-refractivity contribution >= 4 is 5.97 Å². The van der Waals surface area contributed by atoms with Crippen molar-refractivity contribution in [2.75, 3.05) is 26.2 Å². The fourth-order valence-electron chi connectivity index (χ4n) is 0.861. The minimum Gasteiger partial charge on any atom is -0.480 e. The Hall–Kier alpha value is -1.09. The highest BCUT2D eigenvalue weighted by molar-refractivity contribution is 5.69. The van der Waals surface area contributed by atoms with Crippen LogP contribution in [0.25, 0.3) is 0 Å². The van der Waals surface area contributed by atoms with Crippen molar-refractivity contribution in [3.05, 3.63) is 0 Å². The van der Waals surface area contributed by atoms with Gasteiger partial charge >= 0.3 is 5.97 Å². The predicted molar refractivity (Wildman–Crippen MR) is 46.0 cm³/mol. The number of carboxylic acid groups (broad SMARTS) is 1. The third kappa shape index (κ3) is 6.11. The molecule has 0 saturated carbocycles. The van der Waals surface area contributed by atoms with E-state index in [1.165, 1.54) is 4.90 Å². The van der Waals surface area contributed by atoms with Crippen LogP contribution in [0, 0.1) is 12.3 Å². The van der Waals surface area contributed by atoms with E-state index in [0.29, 0.717) is 0 Å². The number of aliphatic carboxylic acids is 1. The largest absolute Gasteiger partial charge is 0.480 e. The Morgan fingerprint density at radius 3 is 2.62 bits per heavy atom. The van der Waals surface area contributed by atoms with Crippen molar-refractivity contribution in [2.45, 2.75) is 6.10 Å². The lowest BCUT2D eigenvalue weighted by molar-refractivity contribution is -0.138. The van der Waals surface area contributed by atoms with Gasteiger partial charge in [-0.3, -0.25) is 9.69 Å². The number of aliphatic hydroxyl groups excluding tert-OH is 2. The summed E-state index contributed by atoms with van der Waals surface area (Å²) in [7, 11) is 0. The van der Waals surface area contributed by atoms with Gasteiger partial charge in [0.15, 0.2) is 0 Å². The first-order valence-electron chi connectivity index (χ1n) is 3.76. The molecule has 0 bridgehead atoms. The fraction of sp³-hybridized carbons (Fsp3) is 0.625. The lowest BCUT2D eigenvalue weighted by Gasteiger charge is -2.19. The molecule has 0 rings (SSSR count). The number of carbonyl (C=O) groups is 1. The van der Waals surface area contributed by atoms with Gasteiger partial charge in [0.1, 0.15) is 0 Å². The second-order valence-electron chi connectivity index (χ2n) is 2.60. The Kier molecular flexibility index (Phi) is 5.89. The van der Waals surface area contributed by atoms with Crippen molar-refractivity contribution in [2.24, 2.45) is 0 Å². The summed E-state index contributed by atoms with van der Waals surface area (Å²) in [6, 6.07) is 0. The Morgan fingerprint density at radius 1 is 1.62 bits per heavy atom. The molecule has 5 nitrogen and oxygen atoms in total. The number of nitrogens with zero attached hydrogens (tertiary/aromatic N) is 1. The van der Waals surface area contributed by atoms with Crippen LogP contribution in [0.5, 0.6) is 0 Å². The van der Waals surface area contributed by atoms with Gasteiger partial charge < -0.3 is 15.3 Å². The smallest absolute Gasteiger partial charge is 0.317 e. The predicted octanol–water partition coefficient (Wildman–Crippen LogP) is -1.64. The fourth-order valence-corrected chi connectivity index (χ4v) is 0.861. The highest BCUT2D eigenvalue weighted by Crippen LogP contribution is 1.91. The van der Waals surface area contributed by atoms with Crippen molar-refractivity contribution < 1.29 is 20.1 Å². The number of hydrogen-bond donors (Lipinski definition) is 3. The van der Waals surface area contributed by atoms with Crippen LogP contribution in [0.4, 0.5) is 0 Å². The van der Waals surface area contributed by atoms with Gasteiger partial charge in [-0.25, -0.2) is 0 Å². The van der Waals surface area contributed by atoms with Gasteiger partial charge in [-0.15, -0.1) is 6.42 Å². The van der Waals surface area contributed by atoms with Gasteiger partial charge in [0.05, 0.1) is 25.8 Å². The van der Waals surface area contributed by atoms with E-state index in [-0.39, 0.29) is 19.6 Å². The molecule has 0 saturated heterocycles. The lowest BCUT2D eigenvalue weighted by Crippen LogP contribution is -2.37. The van der Waals surface area contributed by atoms with Gasteiger partial charge in [-0.2, -0.15) is 0 Å². The summed E-state index contributed by atoms with van der Waals surface area (Å²) in [5.41, 5.74) is 0. The maximum atomic E-state index is 10.3. The number of aliphatic hydroxyl groups is 2. The van der Waals surface area contributed by atoms with Crippen LogP contribution in [0.3, 0.4) is 0 Å². The quantitative estimate of drug-likeness (QED) is 0.434. The number of rotatable bonds is 6. The van der Waals surface area contributed by atoms with E-state index in [2.05, 4.69) is 5.92 Å². The summed E-state index contributed by atoms with van der Waals surface area (Å²) in [4.78, 5) is 11.7. The van der Waals surface area contributed by atoms with E-state index >= 15 is 0 Å². The Balaban J connectivity index is 3.94. The van der Waals surface area contributed by atoms with Crippen molar-refractivity contribution in [1.29, 1.82) is 0 Å². The molecule has 0 amide bonds. The first-order valence-corrected chi connectivity index (χ1v) is 3.76. The van der Waals surface area contributed by atoms with E-state index in [4.69, 9.17) is 21.7 Å². The van der Waals surface area contributed by atoms with Crippen LogP contribution >= 0.6 is 0 Å². The molecule has 74 valence electrons. The zero-order valence-corrected chi connectivity index (χ0v) is 7.18. The average Bonchev–Trinajstić information content (AvgIpc) is 2.03. The van der Waals surface area contributed by atoms with Crippen LogP contribution in [0.1, 0.15) is 0 Å². The second kappa shape index (κ2) is 6.43. The highest BCUT2D eigenvalue weighted by atomic mass is 16.4. The monoisotopic (exact) mass is 187 g/mol. The summed E-state index contributed by atoms with van der Waals surface area (Å²) >= 11 is 0. The summed E-state index contributed by atoms with van der Waals surface area (Å²) in [6.45, 7) is -0.432. The zero-order valence-electron chi connectivity index (χ0n) is 7.18. The van der Waals surface area contributed by atoms with E-state index in [1.807, 2.05) is 0 Å². The van der Waals surface area contributed by atoms with Gasteiger partial charge in [-0.05, 0) is 0 Å². The van der Waals surface area contributed by atoms with Crippen molar-refractivity contribution in [1.82, 2.24) is 4.90 Å². The maximum absolute atomic E-state index is 10.3. The Morgan fingerprint density at radius 2 is 2.23 bits per heavy atom. The van der Waals surface area contributed by atoms with Gasteiger partial charge in [0.25, 0.3) is 0 Å².